The Morgan fingerprint density at radius 2 is 2.22 bits per heavy atom. The lowest BCUT2D eigenvalue weighted by molar-refractivity contribution is 0.0487. The van der Waals surface area contributed by atoms with Crippen molar-refractivity contribution < 1.29 is 18.3 Å². The smallest absolute Gasteiger partial charge is 0.274 e. The van der Waals surface area contributed by atoms with Gasteiger partial charge in [0.25, 0.3) is 5.91 Å². The number of ether oxygens (including phenoxy) is 1. The van der Waals surface area contributed by atoms with E-state index in [9.17, 15) is 9.18 Å². The minimum atomic E-state index is -0.353. The second-order valence-corrected chi connectivity index (χ2v) is 6.53. The molecule has 2 aromatic heterocycles. The molecule has 27 heavy (non-hydrogen) atoms. The average molecular weight is 369 g/mol. The third-order valence-electron chi connectivity index (χ3n) is 4.54. The zero-order chi connectivity index (χ0) is 18.6. The van der Waals surface area contributed by atoms with Gasteiger partial charge in [-0.1, -0.05) is 6.07 Å². The third-order valence-corrected chi connectivity index (χ3v) is 4.54. The van der Waals surface area contributed by atoms with Crippen LogP contribution >= 0.6 is 0 Å². The van der Waals surface area contributed by atoms with E-state index in [0.29, 0.717) is 30.2 Å². The molecule has 0 aliphatic carbocycles. The van der Waals surface area contributed by atoms with Crippen LogP contribution in [0.4, 0.5) is 4.39 Å². The third kappa shape index (κ3) is 4.09. The summed E-state index contributed by atoms with van der Waals surface area (Å²) in [7, 11) is 0. The summed E-state index contributed by atoms with van der Waals surface area (Å²) in [5.74, 6) is 0.136. The molecule has 140 valence electrons. The molecule has 1 saturated heterocycles. The Morgan fingerprint density at radius 3 is 2.96 bits per heavy atom. The maximum absolute atomic E-state index is 13.4. The fourth-order valence-corrected chi connectivity index (χ4v) is 3.21. The summed E-state index contributed by atoms with van der Waals surface area (Å²) in [5.41, 5.74) is 0.856. The first-order valence-electron chi connectivity index (χ1n) is 8.94. The number of rotatable bonds is 6. The molecule has 4 rings (SSSR count). The Morgan fingerprint density at radius 1 is 1.30 bits per heavy atom. The number of furan rings is 1. The van der Waals surface area contributed by atoms with Gasteiger partial charge in [0.2, 0.25) is 0 Å². The van der Waals surface area contributed by atoms with Crippen molar-refractivity contribution in [2.75, 3.05) is 13.2 Å². The van der Waals surface area contributed by atoms with Crippen molar-refractivity contribution in [2.45, 2.75) is 25.5 Å². The van der Waals surface area contributed by atoms with Crippen LogP contribution in [0.1, 0.15) is 29.1 Å². The van der Waals surface area contributed by atoms with Crippen molar-refractivity contribution in [1.29, 1.82) is 0 Å². The molecular formula is C20H20FN3O3. The molecule has 0 spiro atoms. The topological polar surface area (TPSA) is 60.5 Å². The fraction of sp³-hybridized carbons (Fsp3) is 0.300. The molecule has 1 unspecified atom stereocenters. The lowest BCUT2D eigenvalue weighted by atomic mass is 10.2. The van der Waals surface area contributed by atoms with Crippen molar-refractivity contribution in [2.24, 2.45) is 0 Å². The number of hydrogen-bond donors (Lipinski definition) is 0. The Hall–Kier alpha value is -2.93. The van der Waals surface area contributed by atoms with E-state index in [-0.39, 0.29) is 17.8 Å². The van der Waals surface area contributed by atoms with Gasteiger partial charge in [0.1, 0.15) is 11.6 Å². The Balaban J connectivity index is 1.55. The van der Waals surface area contributed by atoms with Crippen LogP contribution in [0, 0.1) is 5.82 Å². The second-order valence-electron chi connectivity index (χ2n) is 6.53. The number of carbonyl (C=O) groups excluding carboxylic acids is 1. The minimum absolute atomic E-state index is 0.0224. The SMILES string of the molecule is O=C(c1ccn(-c2cccc(F)c2)n1)N(Cc1ccco1)CC1CCCO1. The van der Waals surface area contributed by atoms with Gasteiger partial charge >= 0.3 is 0 Å². The van der Waals surface area contributed by atoms with Gasteiger partial charge in [-0.05, 0) is 49.2 Å². The normalized spacial score (nSPS) is 16.6. The van der Waals surface area contributed by atoms with Gasteiger partial charge < -0.3 is 14.1 Å². The molecule has 3 heterocycles. The first kappa shape index (κ1) is 17.5. The summed E-state index contributed by atoms with van der Waals surface area (Å²) in [6.07, 6.45) is 5.19. The highest BCUT2D eigenvalue weighted by molar-refractivity contribution is 5.92. The van der Waals surface area contributed by atoms with Gasteiger partial charge in [-0.25, -0.2) is 9.07 Å². The number of aromatic nitrogens is 2. The van der Waals surface area contributed by atoms with Gasteiger partial charge in [-0.15, -0.1) is 0 Å². The van der Waals surface area contributed by atoms with Crippen LogP contribution in [0.2, 0.25) is 0 Å². The van der Waals surface area contributed by atoms with Crippen molar-refractivity contribution in [1.82, 2.24) is 14.7 Å². The van der Waals surface area contributed by atoms with Gasteiger partial charge in [-0.3, -0.25) is 4.79 Å². The van der Waals surface area contributed by atoms with E-state index in [1.165, 1.54) is 16.8 Å². The maximum Gasteiger partial charge on any atom is 0.274 e. The molecule has 7 heteroatoms. The first-order valence-corrected chi connectivity index (χ1v) is 8.94. The summed E-state index contributed by atoms with van der Waals surface area (Å²) >= 11 is 0. The van der Waals surface area contributed by atoms with E-state index in [1.54, 1.807) is 41.6 Å². The van der Waals surface area contributed by atoms with Crippen LogP contribution in [0.25, 0.3) is 5.69 Å². The molecule has 1 atom stereocenters. The molecule has 0 radical (unpaired) electrons. The summed E-state index contributed by atoms with van der Waals surface area (Å²) in [5, 5.41) is 4.33. The zero-order valence-corrected chi connectivity index (χ0v) is 14.8. The van der Waals surface area contributed by atoms with Crippen LogP contribution in [0.3, 0.4) is 0 Å². The van der Waals surface area contributed by atoms with E-state index >= 15 is 0 Å². The van der Waals surface area contributed by atoms with Crippen molar-refractivity contribution >= 4 is 5.91 Å². The van der Waals surface area contributed by atoms with Crippen LogP contribution < -0.4 is 0 Å². The Bertz CT molecular complexity index is 901. The number of benzene rings is 1. The maximum atomic E-state index is 13.4. The van der Waals surface area contributed by atoms with E-state index in [0.717, 1.165) is 19.4 Å². The van der Waals surface area contributed by atoms with Gasteiger partial charge in [0.15, 0.2) is 5.69 Å². The van der Waals surface area contributed by atoms with Gasteiger partial charge in [-0.2, -0.15) is 5.10 Å². The average Bonchev–Trinajstić information content (AvgIpc) is 3.43. The molecule has 1 amide bonds. The monoisotopic (exact) mass is 369 g/mol. The molecule has 1 aromatic carbocycles. The van der Waals surface area contributed by atoms with Crippen molar-refractivity contribution in [3.8, 4) is 5.69 Å². The van der Waals surface area contributed by atoms with Crippen molar-refractivity contribution in [3.63, 3.8) is 0 Å². The Labute approximate surface area is 156 Å². The van der Waals surface area contributed by atoms with Crippen LogP contribution in [-0.2, 0) is 11.3 Å². The number of hydrogen-bond acceptors (Lipinski definition) is 4. The van der Waals surface area contributed by atoms with Crippen LogP contribution in [0.15, 0.2) is 59.3 Å². The number of halogens is 1. The molecule has 0 bridgehead atoms. The largest absolute Gasteiger partial charge is 0.467 e. The summed E-state index contributed by atoms with van der Waals surface area (Å²) < 4.78 is 26.0. The molecule has 1 fully saturated rings. The molecule has 6 nitrogen and oxygen atoms in total. The standard InChI is InChI=1S/C20H20FN3O3/c21-15-4-1-5-16(12-15)24-9-8-19(22-24)20(25)23(13-17-6-2-10-26-17)14-18-7-3-11-27-18/h1-2,4-6,8-10,12,18H,3,7,11,13-14H2. The first-order chi connectivity index (χ1) is 13.2. The molecule has 1 aliphatic rings. The second kappa shape index (κ2) is 7.75. The molecular weight excluding hydrogens is 349 g/mol. The lowest BCUT2D eigenvalue weighted by Crippen LogP contribution is -2.37. The number of nitrogens with zero attached hydrogens (tertiary/aromatic N) is 3. The minimum Gasteiger partial charge on any atom is -0.467 e. The highest BCUT2D eigenvalue weighted by Crippen LogP contribution is 2.18. The Kier molecular flexibility index (Phi) is 5.02. The van der Waals surface area contributed by atoms with Gasteiger partial charge in [0, 0.05) is 19.3 Å². The number of amides is 1. The van der Waals surface area contributed by atoms with Gasteiger partial charge in [0.05, 0.1) is 24.6 Å². The molecule has 1 aliphatic heterocycles. The van der Waals surface area contributed by atoms with E-state index in [2.05, 4.69) is 5.10 Å². The predicted octanol–water partition coefficient (Wildman–Crippen LogP) is 3.43. The van der Waals surface area contributed by atoms with E-state index in [4.69, 9.17) is 9.15 Å². The summed E-state index contributed by atoms with van der Waals surface area (Å²) in [4.78, 5) is 14.7. The predicted molar refractivity (Wildman–Crippen MR) is 95.9 cm³/mol. The zero-order valence-electron chi connectivity index (χ0n) is 14.8. The fourth-order valence-electron chi connectivity index (χ4n) is 3.21. The highest BCUT2D eigenvalue weighted by Gasteiger charge is 2.25. The summed E-state index contributed by atoms with van der Waals surface area (Å²) in [6, 6.07) is 11.3. The summed E-state index contributed by atoms with van der Waals surface area (Å²) in [6.45, 7) is 1.55. The van der Waals surface area contributed by atoms with E-state index in [1.807, 2.05) is 6.07 Å². The molecule has 0 saturated carbocycles. The van der Waals surface area contributed by atoms with Crippen LogP contribution in [-0.4, -0.2) is 39.8 Å². The van der Waals surface area contributed by atoms with E-state index < -0.39 is 0 Å². The number of carbonyl (C=O) groups is 1. The van der Waals surface area contributed by atoms with Crippen molar-refractivity contribution in [3.05, 3.63) is 72.2 Å². The van der Waals surface area contributed by atoms with Crippen LogP contribution in [0.5, 0.6) is 0 Å². The quantitative estimate of drug-likeness (QED) is 0.668. The molecule has 3 aromatic rings. The lowest BCUT2D eigenvalue weighted by Gasteiger charge is -2.23. The highest BCUT2D eigenvalue weighted by atomic mass is 19.1. The molecule has 0 N–H and O–H groups in total.